The summed E-state index contributed by atoms with van der Waals surface area (Å²) in [7, 11) is 3.06. The molecule has 2 rings (SSSR count). The Balaban J connectivity index is 2.56. The molecule has 8 heteroatoms. The lowest BCUT2D eigenvalue weighted by molar-refractivity contribution is 0.188. The minimum atomic E-state index is -0.541. The van der Waals surface area contributed by atoms with Gasteiger partial charge in [0.25, 0.3) is 5.56 Å². The van der Waals surface area contributed by atoms with E-state index in [0.717, 1.165) is 4.57 Å². The molecule has 7 nitrogen and oxygen atoms in total. The van der Waals surface area contributed by atoms with E-state index in [0.29, 0.717) is 35.1 Å². The van der Waals surface area contributed by atoms with Crippen LogP contribution in [-0.4, -0.2) is 36.7 Å². The van der Waals surface area contributed by atoms with Crippen molar-refractivity contribution in [3.8, 4) is 17.7 Å². The second kappa shape index (κ2) is 9.21. The first-order valence-corrected chi connectivity index (χ1v) is 8.55. The third-order valence-corrected chi connectivity index (χ3v) is 4.29. The van der Waals surface area contributed by atoms with Gasteiger partial charge in [0.15, 0.2) is 0 Å². The molecule has 0 unspecified atom stereocenters. The van der Waals surface area contributed by atoms with E-state index >= 15 is 0 Å². The molecule has 0 saturated carbocycles. The molecule has 27 heavy (non-hydrogen) atoms. The van der Waals surface area contributed by atoms with E-state index in [9.17, 15) is 15.2 Å². The van der Waals surface area contributed by atoms with Gasteiger partial charge in [-0.2, -0.15) is 5.26 Å². The van der Waals surface area contributed by atoms with Crippen LogP contribution < -0.4 is 10.3 Å². The molecule has 142 valence electrons. The van der Waals surface area contributed by atoms with Crippen LogP contribution in [0.15, 0.2) is 28.0 Å². The topological polar surface area (TPSA) is 96.8 Å². The maximum atomic E-state index is 12.5. The van der Waals surface area contributed by atoms with Gasteiger partial charge in [-0.05, 0) is 37.1 Å². The van der Waals surface area contributed by atoms with Crippen molar-refractivity contribution in [3.63, 3.8) is 0 Å². The van der Waals surface area contributed by atoms with Gasteiger partial charge in [0.2, 0.25) is 5.88 Å². The summed E-state index contributed by atoms with van der Waals surface area (Å²) in [5, 5.41) is 20.4. The minimum Gasteiger partial charge on any atom is -0.494 e. The van der Waals surface area contributed by atoms with E-state index in [2.05, 4.69) is 4.99 Å². The Morgan fingerprint density at radius 3 is 2.78 bits per heavy atom. The first kappa shape index (κ1) is 20.5. The largest absolute Gasteiger partial charge is 0.494 e. The number of hydrogen-bond acceptors (Lipinski definition) is 6. The molecular formula is C19H20ClN3O4. The lowest BCUT2D eigenvalue weighted by Gasteiger charge is -2.14. The number of hydrogen-bond donors (Lipinski definition) is 1. The van der Waals surface area contributed by atoms with Gasteiger partial charge in [-0.1, -0.05) is 11.6 Å². The summed E-state index contributed by atoms with van der Waals surface area (Å²) >= 11 is 6.00. The molecule has 1 heterocycles. The Morgan fingerprint density at radius 1 is 1.41 bits per heavy atom. The van der Waals surface area contributed by atoms with E-state index in [1.807, 2.05) is 6.07 Å². The fourth-order valence-electron chi connectivity index (χ4n) is 2.60. The van der Waals surface area contributed by atoms with Crippen molar-refractivity contribution < 1.29 is 14.6 Å². The van der Waals surface area contributed by atoms with Gasteiger partial charge in [-0.3, -0.25) is 14.4 Å². The maximum Gasteiger partial charge on any atom is 0.271 e. The molecule has 0 fully saturated rings. The first-order chi connectivity index (χ1) is 12.9. The van der Waals surface area contributed by atoms with Crippen molar-refractivity contribution in [3.05, 3.63) is 50.3 Å². The summed E-state index contributed by atoms with van der Waals surface area (Å²) < 4.78 is 11.4. The number of ether oxygens (including phenoxy) is 2. The van der Waals surface area contributed by atoms with E-state index in [1.165, 1.54) is 13.3 Å². The van der Waals surface area contributed by atoms with Crippen molar-refractivity contribution in [2.24, 2.45) is 4.99 Å². The zero-order valence-electron chi connectivity index (χ0n) is 15.3. The van der Waals surface area contributed by atoms with Crippen molar-refractivity contribution in [1.82, 2.24) is 4.57 Å². The minimum absolute atomic E-state index is 0.0373. The number of aromatic nitrogens is 1. The number of halogens is 1. The van der Waals surface area contributed by atoms with Crippen LogP contribution in [0.2, 0.25) is 5.02 Å². The van der Waals surface area contributed by atoms with Gasteiger partial charge in [0, 0.05) is 31.5 Å². The summed E-state index contributed by atoms with van der Waals surface area (Å²) in [5.41, 5.74) is 0.517. The number of nitriles is 1. The average Bonchev–Trinajstić information content (AvgIpc) is 2.65. The molecule has 0 atom stereocenters. The number of methoxy groups -OCH3 is 2. The maximum absolute atomic E-state index is 12.5. The van der Waals surface area contributed by atoms with Crippen LogP contribution >= 0.6 is 11.6 Å². The standard InChI is InChI=1S/C19H20ClN3O4/c1-12-14(10-21)18(24)23(7-4-8-26-2)19(25)15(12)11-22-16-9-13(20)5-6-17(16)27-3/h5-6,9,11,25H,4,7-8H2,1-3H3. The summed E-state index contributed by atoms with van der Waals surface area (Å²) in [6, 6.07) is 6.87. The van der Waals surface area contributed by atoms with Gasteiger partial charge < -0.3 is 14.6 Å². The monoisotopic (exact) mass is 389 g/mol. The second-order valence-electron chi connectivity index (χ2n) is 5.73. The van der Waals surface area contributed by atoms with Crippen LogP contribution in [0.25, 0.3) is 0 Å². The number of rotatable bonds is 7. The van der Waals surface area contributed by atoms with Crippen molar-refractivity contribution in [1.29, 1.82) is 5.26 Å². The van der Waals surface area contributed by atoms with Crippen molar-refractivity contribution >= 4 is 23.5 Å². The normalized spacial score (nSPS) is 10.9. The zero-order valence-corrected chi connectivity index (χ0v) is 16.1. The third kappa shape index (κ3) is 4.48. The van der Waals surface area contributed by atoms with Crippen LogP contribution in [0.4, 0.5) is 5.69 Å². The highest BCUT2D eigenvalue weighted by Gasteiger charge is 2.18. The Hall–Kier alpha value is -2.82. The molecule has 0 spiro atoms. The van der Waals surface area contributed by atoms with Gasteiger partial charge in [0.05, 0.1) is 12.7 Å². The highest BCUT2D eigenvalue weighted by atomic mass is 35.5. The molecule has 2 aromatic rings. The third-order valence-electron chi connectivity index (χ3n) is 4.05. The smallest absolute Gasteiger partial charge is 0.271 e. The Morgan fingerprint density at radius 2 is 2.15 bits per heavy atom. The van der Waals surface area contributed by atoms with Crippen LogP contribution in [-0.2, 0) is 11.3 Å². The SMILES string of the molecule is COCCCn1c(O)c(C=Nc2cc(Cl)ccc2OC)c(C)c(C#N)c1=O. The molecule has 0 amide bonds. The summed E-state index contributed by atoms with van der Waals surface area (Å²) in [5.74, 6) is 0.249. The zero-order chi connectivity index (χ0) is 20.0. The quantitative estimate of drug-likeness (QED) is 0.579. The van der Waals surface area contributed by atoms with Crippen LogP contribution in [0, 0.1) is 18.3 Å². The lowest BCUT2D eigenvalue weighted by atomic mass is 10.1. The van der Waals surface area contributed by atoms with E-state index in [1.54, 1.807) is 32.2 Å². The van der Waals surface area contributed by atoms with Gasteiger partial charge in [0.1, 0.15) is 23.1 Å². The molecule has 0 radical (unpaired) electrons. The Bertz CT molecular complexity index is 961. The fourth-order valence-corrected chi connectivity index (χ4v) is 2.76. The highest BCUT2D eigenvalue weighted by Crippen LogP contribution is 2.31. The summed E-state index contributed by atoms with van der Waals surface area (Å²) in [6.07, 6.45) is 1.91. The number of pyridine rings is 1. The van der Waals surface area contributed by atoms with E-state index < -0.39 is 5.56 Å². The number of aliphatic imine (C=N–C) groups is 1. The van der Waals surface area contributed by atoms with Gasteiger partial charge in [-0.15, -0.1) is 0 Å². The first-order valence-electron chi connectivity index (χ1n) is 8.17. The van der Waals surface area contributed by atoms with E-state index in [4.69, 9.17) is 21.1 Å². The van der Waals surface area contributed by atoms with Crippen LogP contribution in [0.1, 0.15) is 23.1 Å². The predicted octanol–water partition coefficient (Wildman–Crippen LogP) is 3.18. The number of benzene rings is 1. The van der Waals surface area contributed by atoms with Gasteiger partial charge >= 0.3 is 0 Å². The lowest BCUT2D eigenvalue weighted by Crippen LogP contribution is -2.26. The highest BCUT2D eigenvalue weighted by molar-refractivity contribution is 6.30. The fraction of sp³-hybridized carbons (Fsp3) is 0.316. The Kier molecular flexibility index (Phi) is 6.99. The number of nitrogens with zero attached hydrogens (tertiary/aromatic N) is 3. The number of aromatic hydroxyl groups is 1. The average molecular weight is 390 g/mol. The summed E-state index contributed by atoms with van der Waals surface area (Å²) in [4.78, 5) is 16.8. The van der Waals surface area contributed by atoms with Crippen LogP contribution in [0.5, 0.6) is 11.6 Å². The van der Waals surface area contributed by atoms with E-state index in [-0.39, 0.29) is 23.6 Å². The molecule has 0 saturated heterocycles. The predicted molar refractivity (Wildman–Crippen MR) is 104 cm³/mol. The molecular weight excluding hydrogens is 370 g/mol. The summed E-state index contributed by atoms with van der Waals surface area (Å²) in [6.45, 7) is 2.23. The Labute approximate surface area is 162 Å². The molecule has 1 aromatic carbocycles. The van der Waals surface area contributed by atoms with Crippen LogP contribution in [0.3, 0.4) is 0 Å². The molecule has 1 aromatic heterocycles. The van der Waals surface area contributed by atoms with Gasteiger partial charge in [-0.25, -0.2) is 0 Å². The van der Waals surface area contributed by atoms with Crippen molar-refractivity contribution in [2.45, 2.75) is 19.9 Å². The molecule has 1 N–H and O–H groups in total. The van der Waals surface area contributed by atoms with Crippen molar-refractivity contribution in [2.75, 3.05) is 20.8 Å². The molecule has 0 aliphatic heterocycles. The second-order valence-corrected chi connectivity index (χ2v) is 6.16. The molecule has 0 aliphatic carbocycles. The molecule has 0 bridgehead atoms. The molecule has 0 aliphatic rings.